The summed E-state index contributed by atoms with van der Waals surface area (Å²) in [6, 6.07) is 0. The molecule has 2 N–H and O–H groups in total. The highest BCUT2D eigenvalue weighted by molar-refractivity contribution is 5.40. The molecule has 6 nitrogen and oxygen atoms in total. The molecule has 2 aromatic heterocycles. The van der Waals surface area contributed by atoms with Gasteiger partial charge in [-0.3, -0.25) is 9.36 Å². The first kappa shape index (κ1) is 10.3. The zero-order chi connectivity index (χ0) is 12.0. The Balaban J connectivity index is 2.08. The predicted octanol–water partition coefficient (Wildman–Crippen LogP) is 0.830. The van der Waals surface area contributed by atoms with E-state index in [1.807, 2.05) is 24.9 Å². The van der Waals surface area contributed by atoms with Gasteiger partial charge in [0, 0.05) is 13.2 Å². The number of hydrogen-bond acceptors (Lipinski definition) is 4. The molecule has 17 heavy (non-hydrogen) atoms. The van der Waals surface area contributed by atoms with E-state index in [1.165, 1.54) is 6.42 Å². The van der Waals surface area contributed by atoms with E-state index in [4.69, 9.17) is 5.73 Å². The van der Waals surface area contributed by atoms with Gasteiger partial charge < -0.3 is 5.73 Å². The van der Waals surface area contributed by atoms with Crippen LogP contribution >= 0.6 is 0 Å². The number of rotatable bonds is 2. The van der Waals surface area contributed by atoms with Crippen molar-refractivity contribution in [1.82, 2.24) is 24.5 Å². The summed E-state index contributed by atoms with van der Waals surface area (Å²) in [4.78, 5) is 4.38. The second kappa shape index (κ2) is 3.32. The summed E-state index contributed by atoms with van der Waals surface area (Å²) >= 11 is 0. The Kier molecular flexibility index (Phi) is 2.01. The van der Waals surface area contributed by atoms with Crippen molar-refractivity contribution in [1.29, 1.82) is 0 Å². The van der Waals surface area contributed by atoms with Crippen molar-refractivity contribution in [3.8, 4) is 0 Å². The number of nitrogens with zero attached hydrogens (tertiary/aromatic N) is 5. The van der Waals surface area contributed by atoms with Crippen LogP contribution in [0.4, 0.5) is 5.69 Å². The summed E-state index contributed by atoms with van der Waals surface area (Å²) in [7, 11) is 1.88. The summed E-state index contributed by atoms with van der Waals surface area (Å²) in [5.74, 6) is 0.841. The third-order valence-electron chi connectivity index (χ3n) is 3.57. The summed E-state index contributed by atoms with van der Waals surface area (Å²) < 4.78 is 3.67. The lowest BCUT2D eigenvalue weighted by molar-refractivity contribution is 0.163. The van der Waals surface area contributed by atoms with Crippen LogP contribution in [0.15, 0.2) is 12.5 Å². The predicted molar refractivity (Wildman–Crippen MR) is 63.3 cm³/mol. The van der Waals surface area contributed by atoms with Gasteiger partial charge in [-0.2, -0.15) is 10.2 Å². The minimum Gasteiger partial charge on any atom is -0.396 e. The Labute approximate surface area is 99.4 Å². The summed E-state index contributed by atoms with van der Waals surface area (Å²) in [5, 5.41) is 8.92. The molecule has 2 heterocycles. The van der Waals surface area contributed by atoms with Crippen LogP contribution < -0.4 is 5.73 Å². The highest BCUT2D eigenvalue weighted by Gasteiger charge is 2.45. The van der Waals surface area contributed by atoms with Crippen LogP contribution in [0.5, 0.6) is 0 Å². The quantitative estimate of drug-likeness (QED) is 0.832. The van der Waals surface area contributed by atoms with E-state index >= 15 is 0 Å². The van der Waals surface area contributed by atoms with Crippen LogP contribution in [-0.4, -0.2) is 24.5 Å². The smallest absolute Gasteiger partial charge is 0.178 e. The van der Waals surface area contributed by atoms with Crippen molar-refractivity contribution >= 4 is 5.69 Å². The molecule has 1 saturated carbocycles. The molecule has 0 unspecified atom stereocenters. The molecule has 0 atom stereocenters. The van der Waals surface area contributed by atoms with Gasteiger partial charge in [-0.15, -0.1) is 0 Å². The van der Waals surface area contributed by atoms with Crippen LogP contribution in [-0.2, 0) is 12.6 Å². The maximum absolute atomic E-state index is 5.87. The van der Waals surface area contributed by atoms with Crippen molar-refractivity contribution in [2.45, 2.75) is 31.7 Å². The van der Waals surface area contributed by atoms with Gasteiger partial charge in [0.15, 0.2) is 5.82 Å². The van der Waals surface area contributed by atoms with Gasteiger partial charge >= 0.3 is 0 Å². The molecule has 90 valence electrons. The van der Waals surface area contributed by atoms with Crippen molar-refractivity contribution in [3.63, 3.8) is 0 Å². The van der Waals surface area contributed by atoms with E-state index in [0.717, 1.165) is 30.0 Å². The van der Waals surface area contributed by atoms with Crippen molar-refractivity contribution in [2.24, 2.45) is 7.05 Å². The Morgan fingerprint density at radius 1 is 1.35 bits per heavy atom. The maximum atomic E-state index is 5.87. The number of aromatic nitrogens is 5. The average Bonchev–Trinajstić information content (AvgIpc) is 2.75. The lowest BCUT2D eigenvalue weighted by Gasteiger charge is -2.39. The molecule has 0 radical (unpaired) electrons. The average molecular weight is 232 g/mol. The second-order valence-corrected chi connectivity index (χ2v) is 4.74. The van der Waals surface area contributed by atoms with E-state index in [0.29, 0.717) is 0 Å². The zero-order valence-electron chi connectivity index (χ0n) is 10.1. The highest BCUT2D eigenvalue weighted by atomic mass is 15.4. The number of hydrogen-bond donors (Lipinski definition) is 1. The first-order valence-electron chi connectivity index (χ1n) is 5.80. The molecule has 1 aliphatic carbocycles. The Bertz CT molecular complexity index is 529. The first-order chi connectivity index (χ1) is 8.12. The van der Waals surface area contributed by atoms with E-state index < -0.39 is 0 Å². The van der Waals surface area contributed by atoms with Gasteiger partial charge in [-0.25, -0.2) is 4.98 Å². The fourth-order valence-electron chi connectivity index (χ4n) is 2.31. The number of aryl methyl sites for hydroxylation is 2. The summed E-state index contributed by atoms with van der Waals surface area (Å²) in [5.41, 5.74) is 7.29. The Morgan fingerprint density at radius 2 is 2.12 bits per heavy atom. The first-order valence-corrected chi connectivity index (χ1v) is 5.80. The molecule has 0 spiro atoms. The van der Waals surface area contributed by atoms with Gasteiger partial charge in [0.2, 0.25) is 0 Å². The van der Waals surface area contributed by atoms with E-state index in [9.17, 15) is 0 Å². The van der Waals surface area contributed by atoms with E-state index in [2.05, 4.69) is 15.2 Å². The lowest BCUT2D eigenvalue weighted by atomic mass is 9.76. The van der Waals surface area contributed by atoms with Gasteiger partial charge in [0.25, 0.3) is 0 Å². The van der Waals surface area contributed by atoms with Gasteiger partial charge in [0.05, 0.1) is 11.4 Å². The van der Waals surface area contributed by atoms with Crippen LogP contribution in [0.25, 0.3) is 0 Å². The largest absolute Gasteiger partial charge is 0.396 e. The third-order valence-corrected chi connectivity index (χ3v) is 3.57. The molecular weight excluding hydrogens is 216 g/mol. The maximum Gasteiger partial charge on any atom is 0.178 e. The molecule has 0 aromatic carbocycles. The van der Waals surface area contributed by atoms with Crippen LogP contribution in [0.3, 0.4) is 0 Å². The van der Waals surface area contributed by atoms with Crippen LogP contribution in [0, 0.1) is 6.92 Å². The van der Waals surface area contributed by atoms with Crippen molar-refractivity contribution < 1.29 is 0 Å². The normalized spacial score (nSPS) is 18.0. The van der Waals surface area contributed by atoms with Crippen molar-refractivity contribution in [3.05, 3.63) is 24.0 Å². The number of nitrogen functional groups attached to an aromatic ring is 1. The lowest BCUT2D eigenvalue weighted by Crippen LogP contribution is -2.43. The minimum atomic E-state index is -0.177. The summed E-state index contributed by atoms with van der Waals surface area (Å²) in [6.07, 6.45) is 6.85. The molecule has 3 rings (SSSR count). The molecule has 0 bridgehead atoms. The molecule has 0 amide bonds. The monoisotopic (exact) mass is 232 g/mol. The summed E-state index contributed by atoms with van der Waals surface area (Å²) in [6.45, 7) is 1.92. The number of anilines is 1. The molecular formula is C11H16N6. The molecule has 2 aromatic rings. The molecule has 6 heteroatoms. The third kappa shape index (κ3) is 1.36. The van der Waals surface area contributed by atoms with Gasteiger partial charge in [-0.05, 0) is 26.2 Å². The standard InChI is InChI=1S/C11H16N6/c1-8-9(12)6-17(14-8)11(4-3-5-11)10-13-7-16(2)15-10/h6-7H,3-5,12H2,1-2H3. The van der Waals surface area contributed by atoms with E-state index in [1.54, 1.807) is 11.0 Å². The minimum absolute atomic E-state index is 0.177. The molecule has 0 aliphatic heterocycles. The Hall–Kier alpha value is -1.85. The van der Waals surface area contributed by atoms with E-state index in [-0.39, 0.29) is 5.54 Å². The van der Waals surface area contributed by atoms with Crippen LogP contribution in [0.1, 0.15) is 30.8 Å². The second-order valence-electron chi connectivity index (χ2n) is 4.74. The number of nitrogens with two attached hydrogens (primary N) is 1. The van der Waals surface area contributed by atoms with Crippen LogP contribution in [0.2, 0.25) is 0 Å². The van der Waals surface area contributed by atoms with Crippen molar-refractivity contribution in [2.75, 3.05) is 5.73 Å². The fourth-order valence-corrected chi connectivity index (χ4v) is 2.31. The van der Waals surface area contributed by atoms with Gasteiger partial charge in [0.1, 0.15) is 11.9 Å². The Morgan fingerprint density at radius 3 is 2.53 bits per heavy atom. The van der Waals surface area contributed by atoms with Gasteiger partial charge in [-0.1, -0.05) is 0 Å². The molecule has 1 fully saturated rings. The zero-order valence-corrected chi connectivity index (χ0v) is 10.1. The molecule has 1 aliphatic rings. The topological polar surface area (TPSA) is 74.5 Å². The molecule has 0 saturated heterocycles. The SMILES string of the molecule is Cc1nn(C2(c3ncn(C)n3)CCC2)cc1N. The highest BCUT2D eigenvalue weighted by Crippen LogP contribution is 2.43. The fraction of sp³-hybridized carbons (Fsp3) is 0.545.